The van der Waals surface area contributed by atoms with E-state index in [2.05, 4.69) is 30.3 Å². The molecule has 2 aromatic rings. The second kappa shape index (κ2) is 7.12. The molecule has 0 radical (unpaired) electrons. The first-order chi connectivity index (χ1) is 11.5. The number of rotatable bonds is 5. The van der Waals surface area contributed by atoms with Crippen molar-refractivity contribution in [2.45, 2.75) is 31.6 Å². The summed E-state index contributed by atoms with van der Waals surface area (Å²) in [6.07, 6.45) is 1.38. The fourth-order valence-electron chi connectivity index (χ4n) is 2.69. The molecule has 1 aliphatic rings. The summed E-state index contributed by atoms with van der Waals surface area (Å²) >= 11 is 0. The molecule has 130 valence electrons. The zero-order chi connectivity index (χ0) is 17.0. The molecule has 10 heteroatoms. The van der Waals surface area contributed by atoms with Crippen molar-refractivity contribution in [3.05, 3.63) is 30.7 Å². The molecule has 0 saturated carbocycles. The zero-order valence-electron chi connectivity index (χ0n) is 12.9. The van der Waals surface area contributed by atoms with E-state index in [4.69, 9.17) is 0 Å². The maximum atomic E-state index is 12.7. The van der Waals surface area contributed by atoms with Crippen molar-refractivity contribution >= 4 is 5.82 Å². The summed E-state index contributed by atoms with van der Waals surface area (Å²) in [5.74, 6) is 0.221. The van der Waals surface area contributed by atoms with Gasteiger partial charge in [-0.15, -0.1) is 0 Å². The number of aromatic nitrogens is 5. The summed E-state index contributed by atoms with van der Waals surface area (Å²) in [5.41, 5.74) is -0.926. The van der Waals surface area contributed by atoms with Crippen LogP contribution in [-0.2, 0) is 12.7 Å². The minimum atomic E-state index is -4.45. The van der Waals surface area contributed by atoms with Crippen LogP contribution in [0.25, 0.3) is 0 Å². The van der Waals surface area contributed by atoms with Gasteiger partial charge in [0, 0.05) is 31.7 Å². The number of halogens is 3. The number of likely N-dealkylation sites (tertiary alicyclic amines) is 1. The van der Waals surface area contributed by atoms with E-state index in [1.54, 1.807) is 11.0 Å². The highest BCUT2D eigenvalue weighted by molar-refractivity contribution is 5.36. The maximum absolute atomic E-state index is 12.7. The molecule has 3 rings (SSSR count). The molecule has 0 unspecified atom stereocenters. The first-order valence-electron chi connectivity index (χ1n) is 7.71. The minimum absolute atomic E-state index is 0.114. The van der Waals surface area contributed by atoms with Crippen LogP contribution in [-0.4, -0.2) is 55.3 Å². The van der Waals surface area contributed by atoms with Crippen LogP contribution in [0.2, 0.25) is 0 Å². The van der Waals surface area contributed by atoms with E-state index in [-0.39, 0.29) is 11.9 Å². The predicted octanol–water partition coefficient (Wildman–Crippen LogP) is 1.66. The Morgan fingerprint density at radius 3 is 2.58 bits per heavy atom. The highest BCUT2D eigenvalue weighted by atomic mass is 19.4. The Morgan fingerprint density at radius 1 is 1.12 bits per heavy atom. The van der Waals surface area contributed by atoms with Crippen molar-refractivity contribution in [2.75, 3.05) is 25.0 Å². The lowest BCUT2D eigenvalue weighted by Crippen LogP contribution is -2.40. The van der Waals surface area contributed by atoms with Crippen LogP contribution in [0.1, 0.15) is 18.5 Å². The highest BCUT2D eigenvalue weighted by Crippen LogP contribution is 2.28. The van der Waals surface area contributed by atoms with E-state index in [0.29, 0.717) is 0 Å². The van der Waals surface area contributed by atoms with Gasteiger partial charge < -0.3 is 10.2 Å². The molecule has 3 heterocycles. The van der Waals surface area contributed by atoms with Crippen molar-refractivity contribution in [3.8, 4) is 0 Å². The van der Waals surface area contributed by atoms with E-state index in [0.717, 1.165) is 51.4 Å². The number of nitrogens with zero attached hydrogens (tertiary/aromatic N) is 6. The van der Waals surface area contributed by atoms with E-state index in [9.17, 15) is 13.2 Å². The number of piperidine rings is 1. The van der Waals surface area contributed by atoms with Crippen LogP contribution >= 0.6 is 0 Å². The van der Waals surface area contributed by atoms with Gasteiger partial charge in [0.05, 0.1) is 6.54 Å². The summed E-state index contributed by atoms with van der Waals surface area (Å²) in [6.45, 7) is 3.41. The van der Waals surface area contributed by atoms with Gasteiger partial charge in [0.1, 0.15) is 30.5 Å². The summed E-state index contributed by atoms with van der Waals surface area (Å²) in [7, 11) is 0. The standard InChI is InChI=1S/C14H18F3N7/c15-14(16,17)12-7-13(20-9-19-12)22-11-1-3-23(4-2-11)5-6-24-10-18-8-21-24/h7-11H,1-6H2,(H,19,20,22). The molecule has 0 atom stereocenters. The summed E-state index contributed by atoms with van der Waals surface area (Å²) in [4.78, 5) is 13.4. The van der Waals surface area contributed by atoms with Gasteiger partial charge in [-0.3, -0.25) is 4.68 Å². The van der Waals surface area contributed by atoms with Gasteiger partial charge >= 0.3 is 6.18 Å². The minimum Gasteiger partial charge on any atom is -0.367 e. The largest absolute Gasteiger partial charge is 0.433 e. The van der Waals surface area contributed by atoms with Crippen molar-refractivity contribution in [1.29, 1.82) is 0 Å². The van der Waals surface area contributed by atoms with Crippen LogP contribution in [0.4, 0.5) is 19.0 Å². The van der Waals surface area contributed by atoms with Gasteiger partial charge in [0.15, 0.2) is 0 Å². The summed E-state index contributed by atoms with van der Waals surface area (Å²) < 4.78 is 39.8. The van der Waals surface area contributed by atoms with Gasteiger partial charge in [-0.1, -0.05) is 0 Å². The number of nitrogens with one attached hydrogen (secondary N) is 1. The number of anilines is 1. The van der Waals surface area contributed by atoms with E-state index >= 15 is 0 Å². The van der Waals surface area contributed by atoms with Crippen molar-refractivity contribution in [1.82, 2.24) is 29.6 Å². The Labute approximate surface area is 136 Å². The molecule has 7 nitrogen and oxygen atoms in total. The lowest BCUT2D eigenvalue weighted by Gasteiger charge is -2.32. The topological polar surface area (TPSA) is 71.8 Å². The van der Waals surface area contributed by atoms with Crippen molar-refractivity contribution in [3.63, 3.8) is 0 Å². The Bertz CT molecular complexity index is 636. The molecule has 0 bridgehead atoms. The molecule has 0 aliphatic carbocycles. The fraction of sp³-hybridized carbons (Fsp3) is 0.571. The molecule has 0 spiro atoms. The Hall–Kier alpha value is -2.23. The van der Waals surface area contributed by atoms with Crippen LogP contribution in [0, 0.1) is 0 Å². The van der Waals surface area contributed by atoms with E-state index < -0.39 is 11.9 Å². The van der Waals surface area contributed by atoms with Crippen molar-refractivity contribution < 1.29 is 13.2 Å². The Balaban J connectivity index is 1.47. The third-order valence-corrected chi connectivity index (χ3v) is 4.01. The Kier molecular flexibility index (Phi) is 4.93. The first-order valence-corrected chi connectivity index (χ1v) is 7.71. The van der Waals surface area contributed by atoms with Crippen LogP contribution < -0.4 is 5.32 Å². The third-order valence-electron chi connectivity index (χ3n) is 4.01. The quantitative estimate of drug-likeness (QED) is 0.892. The van der Waals surface area contributed by atoms with Gasteiger partial charge in [0.25, 0.3) is 0 Å². The van der Waals surface area contributed by atoms with Crippen LogP contribution in [0.5, 0.6) is 0 Å². The normalized spacial score (nSPS) is 17.1. The second-order valence-electron chi connectivity index (χ2n) is 5.71. The number of alkyl halides is 3. The predicted molar refractivity (Wildman–Crippen MR) is 80.1 cm³/mol. The molecule has 1 saturated heterocycles. The highest BCUT2D eigenvalue weighted by Gasteiger charge is 2.33. The van der Waals surface area contributed by atoms with Crippen LogP contribution in [0.15, 0.2) is 25.0 Å². The average Bonchev–Trinajstić information content (AvgIpc) is 3.07. The number of hydrogen-bond acceptors (Lipinski definition) is 6. The molecule has 2 aromatic heterocycles. The third kappa shape index (κ3) is 4.40. The lowest BCUT2D eigenvalue weighted by atomic mass is 10.1. The van der Waals surface area contributed by atoms with Gasteiger partial charge in [-0.05, 0) is 12.8 Å². The molecule has 1 fully saturated rings. The molecule has 1 N–H and O–H groups in total. The smallest absolute Gasteiger partial charge is 0.367 e. The fourth-order valence-corrected chi connectivity index (χ4v) is 2.69. The molecule has 24 heavy (non-hydrogen) atoms. The zero-order valence-corrected chi connectivity index (χ0v) is 12.9. The Morgan fingerprint density at radius 2 is 1.92 bits per heavy atom. The monoisotopic (exact) mass is 341 g/mol. The molecular formula is C14H18F3N7. The SMILES string of the molecule is FC(F)(F)c1cc(NC2CCN(CCn3cncn3)CC2)ncn1. The lowest BCUT2D eigenvalue weighted by molar-refractivity contribution is -0.141. The van der Waals surface area contributed by atoms with Crippen LogP contribution in [0.3, 0.4) is 0 Å². The van der Waals surface area contributed by atoms with E-state index in [1.807, 2.05) is 0 Å². The van der Waals surface area contributed by atoms with Gasteiger partial charge in [0.2, 0.25) is 0 Å². The summed E-state index contributed by atoms with van der Waals surface area (Å²) in [5, 5.41) is 7.14. The number of hydrogen-bond donors (Lipinski definition) is 1. The van der Waals surface area contributed by atoms with Gasteiger partial charge in [-0.2, -0.15) is 18.3 Å². The molecule has 1 aliphatic heterocycles. The average molecular weight is 341 g/mol. The molecular weight excluding hydrogens is 323 g/mol. The van der Waals surface area contributed by atoms with Crippen molar-refractivity contribution in [2.24, 2.45) is 0 Å². The maximum Gasteiger partial charge on any atom is 0.433 e. The molecule has 0 amide bonds. The second-order valence-corrected chi connectivity index (χ2v) is 5.71. The summed E-state index contributed by atoms with van der Waals surface area (Å²) in [6, 6.07) is 1.07. The van der Waals surface area contributed by atoms with E-state index in [1.165, 1.54) is 6.33 Å². The first kappa shape index (κ1) is 16.6. The van der Waals surface area contributed by atoms with Gasteiger partial charge in [-0.25, -0.2) is 15.0 Å². The molecule has 0 aromatic carbocycles.